The van der Waals surface area contributed by atoms with Crippen molar-refractivity contribution in [1.29, 1.82) is 0 Å². The van der Waals surface area contributed by atoms with Crippen molar-refractivity contribution in [3.05, 3.63) is 53.6 Å². The van der Waals surface area contributed by atoms with E-state index in [0.717, 1.165) is 0 Å². The van der Waals surface area contributed by atoms with Crippen LogP contribution >= 0.6 is 0 Å². The van der Waals surface area contributed by atoms with Crippen LogP contribution in [0.2, 0.25) is 0 Å². The first-order valence-electron chi connectivity index (χ1n) is 9.96. The zero-order chi connectivity index (χ0) is 21.3. The molecular weight excluding hydrogens is 384 g/mol. The molecule has 1 spiro atoms. The molecule has 1 fully saturated rings. The fourth-order valence-electron chi connectivity index (χ4n) is 4.11. The molecule has 2 heterocycles. The van der Waals surface area contributed by atoms with E-state index in [1.54, 1.807) is 54.5 Å². The van der Waals surface area contributed by atoms with Crippen LogP contribution < -0.4 is 14.8 Å². The van der Waals surface area contributed by atoms with Crippen molar-refractivity contribution in [3.8, 4) is 11.5 Å². The summed E-state index contributed by atoms with van der Waals surface area (Å²) in [5.74, 6) is 0.970. The lowest BCUT2D eigenvalue weighted by molar-refractivity contribution is -0.114. The fourth-order valence-corrected chi connectivity index (χ4v) is 4.11. The molecular formula is C23H24N2O5. The third-order valence-electron chi connectivity index (χ3n) is 5.69. The minimum absolute atomic E-state index is 0.0398. The van der Waals surface area contributed by atoms with E-state index in [-0.39, 0.29) is 17.6 Å². The van der Waals surface area contributed by atoms with Crippen LogP contribution in [-0.2, 0) is 4.79 Å². The largest absolute Gasteiger partial charge is 0.497 e. The molecule has 0 aromatic heterocycles. The van der Waals surface area contributed by atoms with Gasteiger partial charge in [-0.05, 0) is 36.4 Å². The third-order valence-corrected chi connectivity index (χ3v) is 5.69. The molecule has 0 bridgehead atoms. The van der Waals surface area contributed by atoms with E-state index in [9.17, 15) is 14.4 Å². The molecule has 0 radical (unpaired) electrons. The number of amides is 2. The number of hydrogen-bond acceptors (Lipinski definition) is 5. The number of rotatable bonds is 3. The molecule has 2 aromatic carbocycles. The number of nitrogens with zero attached hydrogens (tertiary/aromatic N) is 1. The number of carbonyl (C=O) groups is 3. The maximum Gasteiger partial charge on any atom is 0.253 e. The van der Waals surface area contributed by atoms with Crippen LogP contribution in [0.25, 0.3) is 0 Å². The SMILES string of the molecule is COc1ccc2c(c1)C(=O)CC1(CCN(C(=O)c3cccc(NC(C)=O)c3)CC1)O2. The van der Waals surface area contributed by atoms with Crippen LogP contribution in [0.15, 0.2) is 42.5 Å². The van der Waals surface area contributed by atoms with E-state index in [2.05, 4.69) is 5.32 Å². The predicted octanol–water partition coefficient (Wildman–Crippen LogP) is 3.29. The number of Topliss-reactive ketones (excluding diaryl/α,β-unsaturated/α-hetero) is 1. The third kappa shape index (κ3) is 3.87. The van der Waals surface area contributed by atoms with Gasteiger partial charge in [-0.1, -0.05) is 6.07 Å². The van der Waals surface area contributed by atoms with Crippen molar-refractivity contribution in [3.63, 3.8) is 0 Å². The number of piperidine rings is 1. The minimum Gasteiger partial charge on any atom is -0.497 e. The van der Waals surface area contributed by atoms with Crippen LogP contribution in [-0.4, -0.2) is 48.3 Å². The van der Waals surface area contributed by atoms with Gasteiger partial charge in [0.25, 0.3) is 5.91 Å². The number of carbonyl (C=O) groups excluding carboxylic acids is 3. The van der Waals surface area contributed by atoms with E-state index >= 15 is 0 Å². The van der Waals surface area contributed by atoms with Crippen LogP contribution in [0.4, 0.5) is 5.69 Å². The average molecular weight is 408 g/mol. The van der Waals surface area contributed by atoms with Crippen LogP contribution in [0.5, 0.6) is 11.5 Å². The summed E-state index contributed by atoms with van der Waals surface area (Å²) in [6, 6.07) is 12.2. The normalized spacial score (nSPS) is 17.1. The smallest absolute Gasteiger partial charge is 0.253 e. The lowest BCUT2D eigenvalue weighted by Crippen LogP contribution is -2.52. The van der Waals surface area contributed by atoms with Gasteiger partial charge >= 0.3 is 0 Å². The highest BCUT2D eigenvalue weighted by atomic mass is 16.5. The Bertz CT molecular complexity index is 1010. The van der Waals surface area contributed by atoms with Gasteiger partial charge in [-0.25, -0.2) is 0 Å². The average Bonchev–Trinajstić information content (AvgIpc) is 2.73. The number of nitrogens with one attached hydrogen (secondary N) is 1. The lowest BCUT2D eigenvalue weighted by Gasteiger charge is -2.44. The molecule has 1 saturated heterocycles. The fraction of sp³-hybridized carbons (Fsp3) is 0.348. The highest BCUT2D eigenvalue weighted by Crippen LogP contribution is 2.40. The van der Waals surface area contributed by atoms with Gasteiger partial charge in [0.2, 0.25) is 5.91 Å². The maximum atomic E-state index is 12.9. The van der Waals surface area contributed by atoms with E-state index < -0.39 is 5.60 Å². The molecule has 2 aliphatic rings. The van der Waals surface area contributed by atoms with E-state index in [1.807, 2.05) is 0 Å². The predicted molar refractivity (Wildman–Crippen MR) is 111 cm³/mol. The topological polar surface area (TPSA) is 84.9 Å². The van der Waals surface area contributed by atoms with Crippen molar-refractivity contribution in [2.75, 3.05) is 25.5 Å². The highest BCUT2D eigenvalue weighted by molar-refractivity contribution is 6.01. The number of benzene rings is 2. The van der Waals surface area contributed by atoms with Gasteiger partial charge in [0.1, 0.15) is 17.1 Å². The summed E-state index contributed by atoms with van der Waals surface area (Å²) >= 11 is 0. The second-order valence-electron chi connectivity index (χ2n) is 7.80. The van der Waals surface area contributed by atoms with E-state index in [0.29, 0.717) is 60.7 Å². The second kappa shape index (κ2) is 7.82. The monoisotopic (exact) mass is 408 g/mol. The summed E-state index contributed by atoms with van der Waals surface area (Å²) in [5.41, 5.74) is 1.09. The maximum absolute atomic E-state index is 12.9. The molecule has 0 aliphatic carbocycles. The Kier molecular flexibility index (Phi) is 5.20. The van der Waals surface area contributed by atoms with Crippen molar-refractivity contribution in [2.45, 2.75) is 31.8 Å². The zero-order valence-corrected chi connectivity index (χ0v) is 17.1. The molecule has 2 aliphatic heterocycles. The summed E-state index contributed by atoms with van der Waals surface area (Å²) in [6.07, 6.45) is 1.47. The van der Waals surface area contributed by atoms with Gasteiger partial charge in [-0.3, -0.25) is 14.4 Å². The second-order valence-corrected chi connectivity index (χ2v) is 7.80. The number of likely N-dealkylation sites (tertiary alicyclic amines) is 1. The zero-order valence-electron chi connectivity index (χ0n) is 17.1. The summed E-state index contributed by atoms with van der Waals surface area (Å²) in [6.45, 7) is 2.43. The molecule has 1 N–H and O–H groups in total. The molecule has 2 aromatic rings. The van der Waals surface area contributed by atoms with Crippen molar-refractivity contribution in [2.24, 2.45) is 0 Å². The van der Waals surface area contributed by atoms with Crippen molar-refractivity contribution < 1.29 is 23.9 Å². The minimum atomic E-state index is -0.576. The van der Waals surface area contributed by atoms with Gasteiger partial charge in [0.05, 0.1) is 19.1 Å². The number of ether oxygens (including phenoxy) is 2. The number of fused-ring (bicyclic) bond motifs is 1. The van der Waals surface area contributed by atoms with Crippen molar-refractivity contribution in [1.82, 2.24) is 4.90 Å². The van der Waals surface area contributed by atoms with E-state index in [1.165, 1.54) is 6.92 Å². The van der Waals surface area contributed by atoms with Crippen LogP contribution in [0.1, 0.15) is 46.9 Å². The molecule has 0 atom stereocenters. The van der Waals surface area contributed by atoms with E-state index in [4.69, 9.17) is 9.47 Å². The number of ketones is 1. The Morgan fingerprint density at radius 3 is 2.60 bits per heavy atom. The quantitative estimate of drug-likeness (QED) is 0.842. The van der Waals surface area contributed by atoms with Gasteiger partial charge < -0.3 is 19.7 Å². The number of hydrogen-bond donors (Lipinski definition) is 1. The molecule has 0 unspecified atom stereocenters. The molecule has 156 valence electrons. The lowest BCUT2D eigenvalue weighted by atomic mass is 9.82. The Labute approximate surface area is 175 Å². The molecule has 7 nitrogen and oxygen atoms in total. The van der Waals surface area contributed by atoms with Gasteiger partial charge in [0.15, 0.2) is 5.78 Å². The van der Waals surface area contributed by atoms with Crippen LogP contribution in [0, 0.1) is 0 Å². The Morgan fingerprint density at radius 1 is 1.13 bits per heavy atom. The highest BCUT2D eigenvalue weighted by Gasteiger charge is 2.43. The molecule has 7 heteroatoms. The summed E-state index contributed by atoms with van der Waals surface area (Å²) < 4.78 is 11.5. The Balaban J connectivity index is 1.45. The van der Waals surface area contributed by atoms with Gasteiger partial charge in [-0.15, -0.1) is 0 Å². The number of methoxy groups -OCH3 is 1. The van der Waals surface area contributed by atoms with Crippen LogP contribution in [0.3, 0.4) is 0 Å². The summed E-state index contributed by atoms with van der Waals surface area (Å²) in [5, 5.41) is 2.70. The summed E-state index contributed by atoms with van der Waals surface area (Å²) in [7, 11) is 1.57. The first kappa shape index (κ1) is 19.9. The Hall–Kier alpha value is -3.35. The molecule has 30 heavy (non-hydrogen) atoms. The first-order chi connectivity index (χ1) is 14.4. The molecule has 4 rings (SSSR count). The molecule has 0 saturated carbocycles. The van der Waals surface area contributed by atoms with Gasteiger partial charge in [-0.2, -0.15) is 0 Å². The molecule has 2 amide bonds. The number of anilines is 1. The Morgan fingerprint density at radius 2 is 1.90 bits per heavy atom. The van der Waals surface area contributed by atoms with Crippen molar-refractivity contribution >= 4 is 23.3 Å². The summed E-state index contributed by atoms with van der Waals surface area (Å²) in [4.78, 5) is 38.7. The van der Waals surface area contributed by atoms with Gasteiger partial charge in [0, 0.05) is 44.1 Å². The first-order valence-corrected chi connectivity index (χ1v) is 9.96. The standard InChI is InChI=1S/C23H24N2O5/c1-15(26)24-17-5-3-4-16(12-17)22(28)25-10-8-23(9-11-25)14-20(27)19-13-18(29-2)6-7-21(19)30-23/h3-7,12-13H,8-11,14H2,1-2H3,(H,24,26).